The highest BCUT2D eigenvalue weighted by atomic mass is 15.0. The molecule has 0 bridgehead atoms. The Bertz CT molecular complexity index is 2890. The summed E-state index contributed by atoms with van der Waals surface area (Å²) in [7, 11) is 0. The highest BCUT2D eigenvalue weighted by molar-refractivity contribution is 6.14. The molecular weight excluding hydrogens is 653 g/mol. The Kier molecular flexibility index (Phi) is 7.42. The van der Waals surface area contributed by atoms with Gasteiger partial charge in [0.1, 0.15) is 0 Å². The van der Waals surface area contributed by atoms with E-state index in [0.717, 1.165) is 0 Å². The van der Waals surface area contributed by atoms with E-state index in [-0.39, 0.29) is 0 Å². The number of hydrogen-bond acceptors (Lipinski definition) is 0. The van der Waals surface area contributed by atoms with Crippen molar-refractivity contribution >= 4 is 43.6 Å². The van der Waals surface area contributed by atoms with E-state index >= 15 is 0 Å². The number of hydrogen-bond donors (Lipinski definition) is 0. The number of aromatic nitrogens is 2. The Hall–Kier alpha value is -6.64. The Balaban J connectivity index is 1.21. The van der Waals surface area contributed by atoms with Crippen LogP contribution >= 0.6 is 0 Å². The van der Waals surface area contributed by atoms with E-state index in [1.165, 1.54) is 111 Å². The molecule has 54 heavy (non-hydrogen) atoms. The van der Waals surface area contributed by atoms with E-state index in [2.05, 4.69) is 207 Å². The molecule has 0 aliphatic rings. The van der Waals surface area contributed by atoms with Gasteiger partial charge in [-0.1, -0.05) is 108 Å². The lowest BCUT2D eigenvalue weighted by Crippen LogP contribution is -1.94. The maximum absolute atomic E-state index is 2.42. The molecule has 0 aliphatic carbocycles. The van der Waals surface area contributed by atoms with Crippen LogP contribution < -0.4 is 0 Å². The molecular formula is C52H40N2. The van der Waals surface area contributed by atoms with E-state index in [1.807, 2.05) is 0 Å². The summed E-state index contributed by atoms with van der Waals surface area (Å²) in [6.07, 6.45) is 0. The second kappa shape index (κ2) is 12.5. The highest BCUT2D eigenvalue weighted by Gasteiger charge is 2.18. The normalized spacial score (nSPS) is 11.7. The molecule has 0 atom stereocenters. The van der Waals surface area contributed by atoms with Gasteiger partial charge in [-0.2, -0.15) is 0 Å². The van der Waals surface area contributed by atoms with E-state index < -0.39 is 0 Å². The maximum atomic E-state index is 2.42. The average molecular weight is 693 g/mol. The number of rotatable bonds is 5. The molecule has 8 aromatic carbocycles. The van der Waals surface area contributed by atoms with Crippen LogP contribution in [-0.2, 0) is 0 Å². The Labute approximate surface area is 316 Å². The minimum atomic E-state index is 1.18. The van der Waals surface area contributed by atoms with Crippen molar-refractivity contribution in [2.45, 2.75) is 27.7 Å². The van der Waals surface area contributed by atoms with Crippen LogP contribution in [0.1, 0.15) is 22.3 Å². The summed E-state index contributed by atoms with van der Waals surface area (Å²) >= 11 is 0. The van der Waals surface area contributed by atoms with Crippen molar-refractivity contribution in [3.63, 3.8) is 0 Å². The molecule has 2 aromatic heterocycles. The fourth-order valence-corrected chi connectivity index (χ4v) is 8.50. The lowest BCUT2D eigenvalue weighted by Gasteiger charge is -2.10. The lowest BCUT2D eigenvalue weighted by molar-refractivity contribution is 1.17. The van der Waals surface area contributed by atoms with Crippen LogP contribution in [0.4, 0.5) is 0 Å². The SMILES string of the molecule is Cc1cccc(-c2ccc3c(c2)c2cc(-c4ccc5c(c4)c4cc(-c6cccc(C)c6)ccc4n5-c4cccc(C)c4)ccc2n3-c2cccc(C)c2)c1. The van der Waals surface area contributed by atoms with E-state index in [9.17, 15) is 0 Å². The molecule has 0 spiro atoms. The van der Waals surface area contributed by atoms with Crippen LogP contribution in [0, 0.1) is 27.7 Å². The Morgan fingerprint density at radius 3 is 0.833 bits per heavy atom. The van der Waals surface area contributed by atoms with Gasteiger partial charge in [0.05, 0.1) is 22.1 Å². The largest absolute Gasteiger partial charge is 0.309 e. The fourth-order valence-electron chi connectivity index (χ4n) is 8.50. The summed E-state index contributed by atoms with van der Waals surface area (Å²) in [5.74, 6) is 0. The topological polar surface area (TPSA) is 9.86 Å². The third-order valence-electron chi connectivity index (χ3n) is 11.1. The molecule has 0 aliphatic heterocycles. The second-order valence-electron chi connectivity index (χ2n) is 15.0. The summed E-state index contributed by atoms with van der Waals surface area (Å²) in [5, 5.41) is 5.02. The van der Waals surface area contributed by atoms with Gasteiger partial charge in [0.25, 0.3) is 0 Å². The molecule has 0 fully saturated rings. The van der Waals surface area contributed by atoms with Crippen molar-refractivity contribution in [3.8, 4) is 44.8 Å². The quantitative estimate of drug-likeness (QED) is 0.170. The van der Waals surface area contributed by atoms with Crippen LogP contribution in [-0.4, -0.2) is 9.13 Å². The van der Waals surface area contributed by atoms with Crippen molar-refractivity contribution in [2.75, 3.05) is 0 Å². The van der Waals surface area contributed by atoms with Crippen molar-refractivity contribution < 1.29 is 0 Å². The maximum Gasteiger partial charge on any atom is 0.0541 e. The minimum absolute atomic E-state index is 1.18. The van der Waals surface area contributed by atoms with Gasteiger partial charge in [-0.25, -0.2) is 0 Å². The molecule has 0 N–H and O–H groups in total. The second-order valence-corrected chi connectivity index (χ2v) is 15.0. The van der Waals surface area contributed by atoms with Crippen molar-refractivity contribution in [2.24, 2.45) is 0 Å². The monoisotopic (exact) mass is 692 g/mol. The first-order valence-electron chi connectivity index (χ1n) is 18.8. The van der Waals surface area contributed by atoms with Crippen molar-refractivity contribution in [1.82, 2.24) is 9.13 Å². The van der Waals surface area contributed by atoms with Crippen molar-refractivity contribution in [3.05, 3.63) is 192 Å². The predicted molar refractivity (Wildman–Crippen MR) is 230 cm³/mol. The standard InChI is InChI=1S/C52H40N2/c1-33-9-5-13-37(25-33)39-17-21-49-45(29-39)47-31-41(19-23-51(47)53(49)43-15-7-11-35(3)27-43)42-20-24-52-48(32-42)46-30-40(38-14-6-10-34(2)26-38)18-22-50(46)54(52)44-16-8-12-36(4)28-44/h5-32H,1-4H3. The molecule has 0 saturated heterocycles. The van der Waals surface area contributed by atoms with E-state index in [1.54, 1.807) is 0 Å². The third-order valence-corrected chi connectivity index (χ3v) is 11.1. The van der Waals surface area contributed by atoms with Gasteiger partial charge in [0.2, 0.25) is 0 Å². The summed E-state index contributed by atoms with van der Waals surface area (Å²) in [6, 6.07) is 63.2. The van der Waals surface area contributed by atoms with Gasteiger partial charge in [0.15, 0.2) is 0 Å². The van der Waals surface area contributed by atoms with Gasteiger partial charge in [0, 0.05) is 32.9 Å². The first kappa shape index (κ1) is 32.0. The Morgan fingerprint density at radius 2 is 0.537 bits per heavy atom. The molecule has 0 amide bonds. The van der Waals surface area contributed by atoms with Crippen LogP contribution in [0.3, 0.4) is 0 Å². The molecule has 10 rings (SSSR count). The number of benzene rings is 8. The number of fused-ring (bicyclic) bond motifs is 6. The molecule has 0 unspecified atom stereocenters. The zero-order valence-electron chi connectivity index (χ0n) is 31.1. The van der Waals surface area contributed by atoms with Crippen LogP contribution in [0.5, 0.6) is 0 Å². The van der Waals surface area contributed by atoms with Gasteiger partial charge in [-0.3, -0.25) is 0 Å². The summed E-state index contributed by atoms with van der Waals surface area (Å²) in [5.41, 5.74) is 19.6. The summed E-state index contributed by atoms with van der Waals surface area (Å²) in [6.45, 7) is 8.66. The molecule has 2 heteroatoms. The Morgan fingerprint density at radius 1 is 0.259 bits per heavy atom. The molecule has 2 heterocycles. The van der Waals surface area contributed by atoms with Gasteiger partial charge < -0.3 is 9.13 Å². The zero-order valence-corrected chi connectivity index (χ0v) is 31.1. The lowest BCUT2D eigenvalue weighted by atomic mass is 9.98. The molecule has 0 saturated carbocycles. The predicted octanol–water partition coefficient (Wildman–Crippen LogP) is 14.1. The van der Waals surface area contributed by atoms with E-state index in [0.29, 0.717) is 0 Å². The third kappa shape index (κ3) is 5.33. The van der Waals surface area contributed by atoms with Crippen LogP contribution in [0.15, 0.2) is 170 Å². The first-order chi connectivity index (χ1) is 26.4. The highest BCUT2D eigenvalue weighted by Crippen LogP contribution is 2.40. The summed E-state index contributed by atoms with van der Waals surface area (Å²) in [4.78, 5) is 0. The van der Waals surface area contributed by atoms with Gasteiger partial charge in [-0.15, -0.1) is 0 Å². The minimum Gasteiger partial charge on any atom is -0.309 e. The van der Waals surface area contributed by atoms with Crippen LogP contribution in [0.25, 0.3) is 88.4 Å². The molecule has 2 nitrogen and oxygen atoms in total. The average Bonchev–Trinajstić information content (AvgIpc) is 3.69. The summed E-state index contributed by atoms with van der Waals surface area (Å²) < 4.78 is 4.85. The van der Waals surface area contributed by atoms with E-state index in [4.69, 9.17) is 0 Å². The molecule has 10 aromatic rings. The fraction of sp³-hybridized carbons (Fsp3) is 0.0769. The molecule has 258 valence electrons. The van der Waals surface area contributed by atoms with Crippen LogP contribution in [0.2, 0.25) is 0 Å². The first-order valence-corrected chi connectivity index (χ1v) is 18.8. The molecule has 0 radical (unpaired) electrons. The van der Waals surface area contributed by atoms with Gasteiger partial charge in [-0.05, 0) is 145 Å². The zero-order chi connectivity index (χ0) is 36.5. The number of aryl methyl sites for hydroxylation is 4. The van der Waals surface area contributed by atoms with Gasteiger partial charge >= 0.3 is 0 Å². The smallest absolute Gasteiger partial charge is 0.0541 e. The number of nitrogens with zero attached hydrogens (tertiary/aromatic N) is 2. The van der Waals surface area contributed by atoms with Crippen molar-refractivity contribution in [1.29, 1.82) is 0 Å².